The standard InChI is InChI=1S/C8H9F2NO2.C8H7F2NO2/c2*9-7-2-1-3-8(10,6-7)4-5-11(12)13/h1-3H,4-6H2;1-5H,6H2. The van der Waals surface area contributed by atoms with Crippen molar-refractivity contribution in [2.24, 2.45) is 0 Å². The van der Waals surface area contributed by atoms with Gasteiger partial charge in [0.05, 0.1) is 11.3 Å². The fourth-order valence-corrected chi connectivity index (χ4v) is 2.16. The Labute approximate surface area is 146 Å². The lowest BCUT2D eigenvalue weighted by molar-refractivity contribution is -0.482. The maximum atomic E-state index is 13.5. The van der Waals surface area contributed by atoms with E-state index in [0.29, 0.717) is 6.20 Å². The molecular weight excluding hydrogens is 360 g/mol. The molecular formula is C16H16F4N2O4. The lowest BCUT2D eigenvalue weighted by Gasteiger charge is -2.20. The van der Waals surface area contributed by atoms with E-state index in [2.05, 4.69) is 0 Å². The number of rotatable bonds is 5. The molecule has 2 rings (SSSR count). The van der Waals surface area contributed by atoms with Crippen molar-refractivity contribution in [3.05, 3.63) is 80.6 Å². The van der Waals surface area contributed by atoms with Crippen LogP contribution in [0.1, 0.15) is 19.3 Å². The van der Waals surface area contributed by atoms with Crippen molar-refractivity contribution >= 4 is 0 Å². The Kier molecular flexibility index (Phi) is 7.41. The lowest BCUT2D eigenvalue weighted by Crippen LogP contribution is -2.25. The quantitative estimate of drug-likeness (QED) is 0.402. The van der Waals surface area contributed by atoms with Crippen molar-refractivity contribution in [3.63, 3.8) is 0 Å². The van der Waals surface area contributed by atoms with E-state index < -0.39 is 52.2 Å². The highest BCUT2D eigenvalue weighted by Gasteiger charge is 2.31. The molecule has 142 valence electrons. The van der Waals surface area contributed by atoms with E-state index in [9.17, 15) is 37.8 Å². The van der Waals surface area contributed by atoms with Crippen LogP contribution in [0.2, 0.25) is 0 Å². The molecule has 0 saturated carbocycles. The molecule has 6 nitrogen and oxygen atoms in total. The Bertz CT molecular complexity index is 702. The van der Waals surface area contributed by atoms with Gasteiger partial charge in [-0.1, -0.05) is 12.2 Å². The topological polar surface area (TPSA) is 86.3 Å². The molecule has 0 fully saturated rings. The van der Waals surface area contributed by atoms with Crippen LogP contribution in [-0.4, -0.2) is 27.7 Å². The van der Waals surface area contributed by atoms with Gasteiger partial charge in [-0.25, -0.2) is 17.6 Å². The highest BCUT2D eigenvalue weighted by molar-refractivity contribution is 5.26. The molecule has 26 heavy (non-hydrogen) atoms. The number of nitrogens with zero attached hydrogens (tertiary/aromatic N) is 2. The molecule has 2 aliphatic rings. The first-order valence-electron chi connectivity index (χ1n) is 7.44. The van der Waals surface area contributed by atoms with E-state index in [1.54, 1.807) is 0 Å². The predicted octanol–water partition coefficient (Wildman–Crippen LogP) is 4.47. The van der Waals surface area contributed by atoms with Gasteiger partial charge in [-0.15, -0.1) is 0 Å². The van der Waals surface area contributed by atoms with Crippen LogP contribution >= 0.6 is 0 Å². The van der Waals surface area contributed by atoms with Crippen molar-refractivity contribution in [3.8, 4) is 0 Å². The third-order valence-electron chi connectivity index (χ3n) is 3.41. The molecule has 0 spiro atoms. The van der Waals surface area contributed by atoms with Crippen LogP contribution in [-0.2, 0) is 0 Å². The largest absolute Gasteiger partial charge is 0.265 e. The van der Waals surface area contributed by atoms with Gasteiger partial charge in [0.25, 0.3) is 0 Å². The summed E-state index contributed by atoms with van der Waals surface area (Å²) in [4.78, 5) is 18.5. The fourth-order valence-electron chi connectivity index (χ4n) is 2.16. The van der Waals surface area contributed by atoms with Crippen LogP contribution in [0.15, 0.2) is 60.4 Å². The highest BCUT2D eigenvalue weighted by Crippen LogP contribution is 2.31. The summed E-state index contributed by atoms with van der Waals surface area (Å²) in [5, 5.41) is 19.9. The first kappa shape index (κ1) is 21.3. The summed E-state index contributed by atoms with van der Waals surface area (Å²) < 4.78 is 52.1. The predicted molar refractivity (Wildman–Crippen MR) is 86.2 cm³/mol. The van der Waals surface area contributed by atoms with Crippen LogP contribution in [0.3, 0.4) is 0 Å². The Hall–Kier alpha value is -2.78. The van der Waals surface area contributed by atoms with Gasteiger partial charge in [0, 0.05) is 23.8 Å². The number of hydrogen-bond acceptors (Lipinski definition) is 4. The lowest BCUT2D eigenvalue weighted by atomic mass is 9.93. The number of allylic oxidation sites excluding steroid dienone is 9. The van der Waals surface area contributed by atoms with Gasteiger partial charge in [0.1, 0.15) is 17.3 Å². The van der Waals surface area contributed by atoms with Gasteiger partial charge < -0.3 is 0 Å². The number of halogens is 4. The van der Waals surface area contributed by atoms with Crippen molar-refractivity contribution in [2.75, 3.05) is 6.54 Å². The van der Waals surface area contributed by atoms with Crippen LogP contribution in [0, 0.1) is 20.2 Å². The third kappa shape index (κ3) is 7.86. The summed E-state index contributed by atoms with van der Waals surface area (Å²) >= 11 is 0. The molecule has 0 saturated heterocycles. The molecule has 0 bridgehead atoms. The molecule has 2 atom stereocenters. The molecule has 0 aromatic heterocycles. The summed E-state index contributed by atoms with van der Waals surface area (Å²) in [6.07, 6.45) is 7.03. The second-order valence-electron chi connectivity index (χ2n) is 5.67. The highest BCUT2D eigenvalue weighted by atomic mass is 19.2. The van der Waals surface area contributed by atoms with Gasteiger partial charge in [-0.2, -0.15) is 0 Å². The van der Waals surface area contributed by atoms with E-state index >= 15 is 0 Å². The zero-order valence-electron chi connectivity index (χ0n) is 13.5. The number of nitro groups is 2. The molecule has 10 heteroatoms. The van der Waals surface area contributed by atoms with Gasteiger partial charge in [-0.05, 0) is 24.3 Å². The van der Waals surface area contributed by atoms with E-state index in [1.165, 1.54) is 18.2 Å². The maximum Gasteiger partial charge on any atom is 0.234 e. The first-order chi connectivity index (χ1) is 12.0. The second kappa shape index (κ2) is 9.07. The Morgan fingerprint density at radius 2 is 1.62 bits per heavy atom. The second-order valence-corrected chi connectivity index (χ2v) is 5.67. The van der Waals surface area contributed by atoms with Gasteiger partial charge in [0.15, 0.2) is 5.67 Å². The number of alkyl halides is 2. The third-order valence-corrected chi connectivity index (χ3v) is 3.41. The SMILES string of the molecule is O=[N+]([O-])C=CC1(F)C=CC=C(F)C1.O=[N+]([O-])CCC1(F)C=CC=C(F)C1. The molecule has 0 aromatic carbocycles. The minimum atomic E-state index is -2.06. The van der Waals surface area contributed by atoms with Crippen molar-refractivity contribution < 1.29 is 27.4 Å². The molecule has 0 N–H and O–H groups in total. The average molecular weight is 376 g/mol. The minimum absolute atomic E-state index is 0.280. The molecule has 2 aliphatic carbocycles. The molecule has 0 radical (unpaired) electrons. The molecule has 2 unspecified atom stereocenters. The monoisotopic (exact) mass is 376 g/mol. The zero-order valence-corrected chi connectivity index (χ0v) is 13.5. The van der Waals surface area contributed by atoms with Gasteiger partial charge in [0.2, 0.25) is 12.7 Å². The Balaban J connectivity index is 0.000000260. The first-order valence-corrected chi connectivity index (χ1v) is 7.44. The van der Waals surface area contributed by atoms with Gasteiger partial charge >= 0.3 is 0 Å². The molecule has 0 aromatic rings. The van der Waals surface area contributed by atoms with Gasteiger partial charge in [-0.3, -0.25) is 20.2 Å². The normalized spacial score (nSPS) is 27.4. The zero-order chi connectivity index (χ0) is 19.8. The van der Waals surface area contributed by atoms with Crippen LogP contribution in [0.25, 0.3) is 0 Å². The van der Waals surface area contributed by atoms with Crippen LogP contribution in [0.5, 0.6) is 0 Å². The Morgan fingerprint density at radius 1 is 1.04 bits per heavy atom. The van der Waals surface area contributed by atoms with E-state index in [0.717, 1.165) is 24.3 Å². The summed E-state index contributed by atoms with van der Waals surface area (Å²) in [6.45, 7) is -0.478. The van der Waals surface area contributed by atoms with Crippen molar-refractivity contribution in [2.45, 2.75) is 30.6 Å². The van der Waals surface area contributed by atoms with E-state index in [4.69, 9.17) is 0 Å². The van der Waals surface area contributed by atoms with E-state index in [1.807, 2.05) is 0 Å². The summed E-state index contributed by atoms with van der Waals surface area (Å²) in [7, 11) is 0. The molecule has 0 heterocycles. The maximum absolute atomic E-state index is 13.5. The summed E-state index contributed by atoms with van der Waals surface area (Å²) in [5.74, 6) is -1.20. The summed E-state index contributed by atoms with van der Waals surface area (Å²) in [5.41, 5.74) is -3.95. The van der Waals surface area contributed by atoms with Crippen LogP contribution in [0.4, 0.5) is 17.6 Å². The average Bonchev–Trinajstić information content (AvgIpc) is 2.52. The molecule has 0 aliphatic heterocycles. The van der Waals surface area contributed by atoms with Crippen molar-refractivity contribution in [1.29, 1.82) is 0 Å². The van der Waals surface area contributed by atoms with Crippen molar-refractivity contribution in [1.82, 2.24) is 0 Å². The van der Waals surface area contributed by atoms with Crippen LogP contribution < -0.4 is 0 Å². The summed E-state index contributed by atoms with van der Waals surface area (Å²) in [6, 6.07) is 0. The fraction of sp³-hybridized carbons (Fsp3) is 0.375. The van der Waals surface area contributed by atoms with E-state index in [-0.39, 0.29) is 6.42 Å². The molecule has 0 amide bonds. The number of hydrogen-bond donors (Lipinski definition) is 0. The smallest absolute Gasteiger partial charge is 0.234 e. The minimum Gasteiger partial charge on any atom is -0.265 e. The Morgan fingerprint density at radius 3 is 2.12 bits per heavy atom.